The second-order valence-electron chi connectivity index (χ2n) is 5.03. The number of carbonyl (C=O) groups is 1. The van der Waals surface area contributed by atoms with Crippen molar-refractivity contribution in [3.63, 3.8) is 0 Å². The Balaban J connectivity index is 2.20. The molecule has 10 heteroatoms. The minimum atomic E-state index is -4.87. The fourth-order valence-corrected chi connectivity index (χ4v) is 1.87. The Kier molecular flexibility index (Phi) is 4.78. The topological polar surface area (TPSA) is 78.6 Å². The molecule has 1 atom stereocenters. The predicted molar refractivity (Wildman–Crippen MR) is 74.2 cm³/mol. The number of aliphatic hydroxyl groups is 1. The minimum absolute atomic E-state index is 0.337. The van der Waals surface area contributed by atoms with Gasteiger partial charge in [0.15, 0.2) is 17.5 Å². The Bertz CT molecular complexity index is 728. The average molecular weight is 347 g/mol. The first kappa shape index (κ1) is 17.7. The van der Waals surface area contributed by atoms with E-state index in [0.717, 1.165) is 30.1 Å². The van der Waals surface area contributed by atoms with Gasteiger partial charge in [-0.3, -0.25) is 4.79 Å². The van der Waals surface area contributed by atoms with Crippen LogP contribution in [0.5, 0.6) is 5.75 Å². The molecule has 1 unspecified atom stereocenters. The summed E-state index contributed by atoms with van der Waals surface area (Å²) in [5.74, 6) is -2.05. The summed E-state index contributed by atoms with van der Waals surface area (Å²) in [5.41, 5.74) is -0.153. The van der Waals surface area contributed by atoms with Crippen LogP contribution in [0.15, 0.2) is 30.5 Å². The quantitative estimate of drug-likeness (QED) is 0.826. The van der Waals surface area contributed by atoms with Crippen molar-refractivity contribution in [1.82, 2.24) is 14.7 Å². The Morgan fingerprint density at radius 2 is 1.92 bits per heavy atom. The molecule has 0 aliphatic rings. The van der Waals surface area contributed by atoms with E-state index in [4.69, 9.17) is 5.11 Å². The second kappa shape index (κ2) is 6.48. The second-order valence-corrected chi connectivity index (χ2v) is 5.03. The first-order valence-corrected chi connectivity index (χ1v) is 6.64. The van der Waals surface area contributed by atoms with Crippen LogP contribution in [-0.2, 0) is 0 Å². The number of likely N-dealkylation sites (N-methyl/N-ethyl adjacent to an activating group) is 1. The van der Waals surface area contributed by atoms with Crippen LogP contribution in [0.3, 0.4) is 0 Å². The molecule has 1 amide bonds. The smallest absolute Gasteiger partial charge is 0.416 e. The van der Waals surface area contributed by atoms with E-state index < -0.39 is 42.0 Å². The van der Waals surface area contributed by atoms with Crippen LogP contribution in [-0.4, -0.2) is 56.7 Å². The fraction of sp³-hybridized carbons (Fsp3) is 0.286. The van der Waals surface area contributed by atoms with Gasteiger partial charge < -0.3 is 15.1 Å². The maximum absolute atomic E-state index is 12.9. The molecule has 0 bridgehead atoms. The van der Waals surface area contributed by atoms with E-state index in [-0.39, 0.29) is 0 Å². The summed E-state index contributed by atoms with van der Waals surface area (Å²) in [4.78, 5) is 12.7. The number of aromatic hydroxyl groups is 1. The lowest BCUT2D eigenvalue weighted by atomic mass is 10.3. The number of aliphatic hydroxyl groups excluding tert-OH is 1. The Hall–Kier alpha value is -2.62. The molecule has 0 fully saturated rings. The van der Waals surface area contributed by atoms with Crippen molar-refractivity contribution in [2.24, 2.45) is 0 Å². The van der Waals surface area contributed by atoms with Gasteiger partial charge in [0, 0.05) is 7.05 Å². The average Bonchev–Trinajstić information content (AvgIpc) is 2.88. The molecule has 0 radical (unpaired) electrons. The molecule has 0 saturated carbocycles. The van der Waals surface area contributed by atoms with Gasteiger partial charge in [-0.05, 0) is 24.3 Å². The zero-order chi connectivity index (χ0) is 18.1. The predicted octanol–water partition coefficient (Wildman–Crippen LogP) is 1.71. The van der Waals surface area contributed by atoms with Crippen LogP contribution in [0.1, 0.15) is 10.5 Å². The van der Waals surface area contributed by atoms with Gasteiger partial charge in [0.2, 0.25) is 0 Å². The molecule has 130 valence electrons. The van der Waals surface area contributed by atoms with Crippen LogP contribution in [0.25, 0.3) is 5.69 Å². The largest absolute Gasteiger partial charge is 0.504 e. The van der Waals surface area contributed by atoms with Crippen molar-refractivity contribution < 1.29 is 32.6 Å². The van der Waals surface area contributed by atoms with Crippen molar-refractivity contribution in [2.75, 3.05) is 13.6 Å². The van der Waals surface area contributed by atoms with Crippen LogP contribution >= 0.6 is 0 Å². The van der Waals surface area contributed by atoms with E-state index >= 15 is 0 Å². The summed E-state index contributed by atoms with van der Waals surface area (Å²) in [7, 11) is 1.04. The van der Waals surface area contributed by atoms with Gasteiger partial charge in [0.1, 0.15) is 5.82 Å². The normalized spacial score (nSPS) is 12.9. The summed E-state index contributed by atoms with van der Waals surface area (Å²) >= 11 is 0. The van der Waals surface area contributed by atoms with Gasteiger partial charge in [0.05, 0.1) is 18.4 Å². The molecular formula is C14H13F4N3O3. The zero-order valence-electron chi connectivity index (χ0n) is 12.3. The highest BCUT2D eigenvalue weighted by molar-refractivity contribution is 5.94. The van der Waals surface area contributed by atoms with Crippen molar-refractivity contribution in [3.05, 3.63) is 42.0 Å². The first-order valence-electron chi connectivity index (χ1n) is 6.64. The van der Waals surface area contributed by atoms with E-state index in [0.29, 0.717) is 10.6 Å². The van der Waals surface area contributed by atoms with E-state index in [1.54, 1.807) is 0 Å². The van der Waals surface area contributed by atoms with Crippen molar-refractivity contribution in [1.29, 1.82) is 0 Å². The van der Waals surface area contributed by atoms with E-state index in [9.17, 15) is 27.5 Å². The number of aromatic nitrogens is 2. The van der Waals surface area contributed by atoms with Gasteiger partial charge in [-0.1, -0.05) is 0 Å². The van der Waals surface area contributed by atoms with Gasteiger partial charge in [0.25, 0.3) is 5.91 Å². The lowest BCUT2D eigenvalue weighted by Gasteiger charge is -2.21. The number of hydrogen-bond donors (Lipinski definition) is 2. The molecule has 0 aliphatic carbocycles. The van der Waals surface area contributed by atoms with Crippen LogP contribution in [0.2, 0.25) is 0 Å². The van der Waals surface area contributed by atoms with Crippen molar-refractivity contribution in [3.8, 4) is 11.4 Å². The molecule has 2 rings (SSSR count). The molecule has 6 nitrogen and oxygen atoms in total. The van der Waals surface area contributed by atoms with Gasteiger partial charge in [-0.2, -0.15) is 18.3 Å². The number of nitrogens with zero attached hydrogens (tertiary/aromatic N) is 3. The maximum Gasteiger partial charge on any atom is 0.416 e. The Labute approximate surface area is 133 Å². The summed E-state index contributed by atoms with van der Waals surface area (Å²) in [6.45, 7) is -1.01. The molecule has 2 aromatic rings. The third-order valence-corrected chi connectivity index (χ3v) is 3.16. The minimum Gasteiger partial charge on any atom is -0.504 e. The summed E-state index contributed by atoms with van der Waals surface area (Å²) in [5, 5.41) is 22.5. The molecule has 1 heterocycles. The van der Waals surface area contributed by atoms with Gasteiger partial charge in [-0.15, -0.1) is 0 Å². The van der Waals surface area contributed by atoms with E-state index in [1.807, 2.05) is 0 Å². The molecule has 2 N–H and O–H groups in total. The SMILES string of the molecule is CN(CC(O)C(F)(F)F)C(=O)c1nn(-c2ccc(F)cc2)cc1O. The standard InChI is InChI=1S/C14H13F4N3O3/c1-20(7-11(23)14(16,17)18)13(24)12-10(22)6-21(19-12)9-4-2-8(15)3-5-9/h2-6,11,22-23H,7H2,1H3. The number of alkyl halides is 3. The zero-order valence-corrected chi connectivity index (χ0v) is 12.3. The molecule has 0 aliphatic heterocycles. The highest BCUT2D eigenvalue weighted by Gasteiger charge is 2.39. The van der Waals surface area contributed by atoms with Crippen LogP contribution < -0.4 is 0 Å². The number of amides is 1. The fourth-order valence-electron chi connectivity index (χ4n) is 1.87. The third kappa shape index (κ3) is 3.82. The number of rotatable bonds is 4. The first-order chi connectivity index (χ1) is 11.1. The summed E-state index contributed by atoms with van der Waals surface area (Å²) < 4.78 is 50.9. The van der Waals surface area contributed by atoms with Gasteiger partial charge in [-0.25, -0.2) is 9.07 Å². The molecule has 24 heavy (non-hydrogen) atoms. The van der Waals surface area contributed by atoms with Crippen LogP contribution in [0.4, 0.5) is 17.6 Å². The number of benzene rings is 1. The Morgan fingerprint density at radius 3 is 2.46 bits per heavy atom. The highest BCUT2D eigenvalue weighted by Crippen LogP contribution is 2.23. The number of carbonyl (C=O) groups excluding carboxylic acids is 1. The van der Waals surface area contributed by atoms with E-state index in [2.05, 4.69) is 5.10 Å². The summed E-state index contributed by atoms with van der Waals surface area (Å²) in [6, 6.07) is 4.96. The molecule has 1 aromatic carbocycles. The van der Waals surface area contributed by atoms with Crippen molar-refractivity contribution >= 4 is 5.91 Å². The molecule has 0 saturated heterocycles. The summed E-state index contributed by atoms with van der Waals surface area (Å²) in [6.07, 6.45) is -6.52. The lowest BCUT2D eigenvalue weighted by Crippen LogP contribution is -2.41. The molecule has 1 aromatic heterocycles. The number of hydrogen-bond acceptors (Lipinski definition) is 4. The number of halogens is 4. The van der Waals surface area contributed by atoms with Crippen LogP contribution in [0, 0.1) is 5.82 Å². The molecule has 0 spiro atoms. The van der Waals surface area contributed by atoms with Crippen molar-refractivity contribution in [2.45, 2.75) is 12.3 Å². The monoisotopic (exact) mass is 347 g/mol. The Morgan fingerprint density at radius 1 is 1.33 bits per heavy atom. The maximum atomic E-state index is 12.9. The highest BCUT2D eigenvalue weighted by atomic mass is 19.4. The van der Waals surface area contributed by atoms with Gasteiger partial charge >= 0.3 is 6.18 Å². The third-order valence-electron chi connectivity index (χ3n) is 3.16. The van der Waals surface area contributed by atoms with E-state index in [1.165, 1.54) is 12.1 Å². The molecular weight excluding hydrogens is 334 g/mol. The lowest BCUT2D eigenvalue weighted by molar-refractivity contribution is -0.205.